The van der Waals surface area contributed by atoms with Gasteiger partial charge in [-0.2, -0.15) is 5.09 Å². The first-order valence-electron chi connectivity index (χ1n) is 14.0. The Kier molecular flexibility index (Phi) is 8.67. The van der Waals surface area contributed by atoms with E-state index in [1.54, 1.807) is 24.3 Å². The van der Waals surface area contributed by atoms with Crippen molar-refractivity contribution in [2.45, 2.75) is 64.8 Å². The number of hydrogen-bond acceptors (Lipinski definition) is 11. The van der Waals surface area contributed by atoms with Crippen LogP contribution in [-0.4, -0.2) is 67.7 Å². The van der Waals surface area contributed by atoms with Gasteiger partial charge in [0.2, 0.25) is 0 Å². The maximum absolute atomic E-state index is 15.7. The molecular weight excluding hydrogens is 594 g/mol. The number of benzene rings is 2. The van der Waals surface area contributed by atoms with E-state index < -0.39 is 50.5 Å². The molecule has 6 unspecified atom stereocenters. The molecule has 13 nitrogen and oxygen atoms in total. The van der Waals surface area contributed by atoms with Crippen LogP contribution >= 0.6 is 7.75 Å². The summed E-state index contributed by atoms with van der Waals surface area (Å²) in [4.78, 5) is 25.0. The number of aliphatic hydroxyl groups is 1. The van der Waals surface area contributed by atoms with Crippen molar-refractivity contribution in [1.29, 1.82) is 0 Å². The van der Waals surface area contributed by atoms with Crippen molar-refractivity contribution in [3.8, 4) is 5.75 Å². The molecule has 1 fully saturated rings. The van der Waals surface area contributed by atoms with Crippen LogP contribution in [0.15, 0.2) is 55.1 Å². The molecule has 15 heteroatoms. The van der Waals surface area contributed by atoms with Crippen LogP contribution in [0.4, 0.5) is 10.2 Å². The van der Waals surface area contributed by atoms with Crippen molar-refractivity contribution >= 4 is 41.5 Å². The van der Waals surface area contributed by atoms with Gasteiger partial charge in [-0.05, 0) is 30.7 Å². The Bertz CT molecular complexity index is 1710. The molecule has 3 heterocycles. The lowest BCUT2D eigenvalue weighted by molar-refractivity contribution is -0.148. The average Bonchev–Trinajstić information content (AvgIpc) is 3.49. The maximum atomic E-state index is 15.7. The van der Waals surface area contributed by atoms with E-state index in [1.807, 2.05) is 39.0 Å². The minimum atomic E-state index is -4.40. The van der Waals surface area contributed by atoms with Crippen LogP contribution in [0.25, 0.3) is 21.9 Å². The molecule has 4 N–H and O–H groups in total. The van der Waals surface area contributed by atoms with E-state index in [-0.39, 0.29) is 34.8 Å². The number of nitrogens with two attached hydrogens (primary N) is 1. The first-order chi connectivity index (χ1) is 20.7. The molecule has 236 valence electrons. The number of esters is 1. The molecule has 0 amide bonds. The highest BCUT2D eigenvalue weighted by Crippen LogP contribution is 2.49. The van der Waals surface area contributed by atoms with Gasteiger partial charge in [-0.1, -0.05) is 57.2 Å². The number of nitrogen functional groups attached to an aromatic ring is 1. The van der Waals surface area contributed by atoms with E-state index in [1.165, 1.54) is 31.1 Å². The highest BCUT2D eigenvalue weighted by molar-refractivity contribution is 7.52. The number of alkyl halides is 1. The van der Waals surface area contributed by atoms with Crippen LogP contribution in [0.5, 0.6) is 5.75 Å². The molecule has 0 bridgehead atoms. The Balaban J connectivity index is 1.39. The van der Waals surface area contributed by atoms with E-state index in [0.717, 1.165) is 5.39 Å². The van der Waals surface area contributed by atoms with Crippen molar-refractivity contribution in [2.24, 2.45) is 5.41 Å². The molecule has 44 heavy (non-hydrogen) atoms. The third-order valence-electron chi connectivity index (χ3n) is 7.06. The summed E-state index contributed by atoms with van der Waals surface area (Å²) in [5, 5.41) is 15.2. The van der Waals surface area contributed by atoms with Gasteiger partial charge in [0.15, 0.2) is 23.9 Å². The van der Waals surface area contributed by atoms with E-state index in [0.29, 0.717) is 5.39 Å². The third kappa shape index (κ3) is 6.54. The van der Waals surface area contributed by atoms with Crippen molar-refractivity contribution in [2.75, 3.05) is 18.9 Å². The molecule has 1 saturated heterocycles. The monoisotopic (exact) mass is 630 g/mol. The Morgan fingerprint density at radius 1 is 1.23 bits per heavy atom. The number of carbonyl (C=O) groups is 1. The van der Waals surface area contributed by atoms with Crippen LogP contribution in [0, 0.1) is 5.41 Å². The highest BCUT2D eigenvalue weighted by Gasteiger charge is 2.55. The second kappa shape index (κ2) is 12.0. The van der Waals surface area contributed by atoms with Crippen LogP contribution in [-0.2, 0) is 23.4 Å². The Morgan fingerprint density at radius 3 is 2.70 bits per heavy atom. The number of nitrogens with one attached hydrogen (secondary N) is 1. The van der Waals surface area contributed by atoms with Crippen LogP contribution in [0.2, 0.25) is 0 Å². The molecule has 2 aromatic carbocycles. The molecule has 5 rings (SSSR count). The van der Waals surface area contributed by atoms with Gasteiger partial charge in [0.25, 0.3) is 0 Å². The number of anilines is 1. The predicted molar refractivity (Wildman–Crippen MR) is 160 cm³/mol. The van der Waals surface area contributed by atoms with Gasteiger partial charge in [0.1, 0.15) is 35.3 Å². The second-order valence-corrected chi connectivity index (χ2v) is 13.8. The third-order valence-corrected chi connectivity index (χ3v) is 8.69. The topological polar surface area (TPSA) is 173 Å². The van der Waals surface area contributed by atoms with Gasteiger partial charge >= 0.3 is 13.7 Å². The minimum absolute atomic E-state index is 0.107. The molecule has 0 spiro atoms. The van der Waals surface area contributed by atoms with Gasteiger partial charge < -0.3 is 24.8 Å². The summed E-state index contributed by atoms with van der Waals surface area (Å²) in [6.45, 7) is 7.94. The summed E-state index contributed by atoms with van der Waals surface area (Å²) in [6, 6.07) is 11.3. The lowest BCUT2D eigenvalue weighted by atomic mass is 9.98. The van der Waals surface area contributed by atoms with E-state index >= 15 is 4.39 Å². The molecular formula is C29H36FN6O7P. The summed E-state index contributed by atoms with van der Waals surface area (Å²) in [5.41, 5.74) is 3.99. The second-order valence-electron chi connectivity index (χ2n) is 12.1. The minimum Gasteiger partial charge on any atom is -0.464 e. The van der Waals surface area contributed by atoms with Gasteiger partial charge in [-0.3, -0.25) is 13.9 Å². The summed E-state index contributed by atoms with van der Waals surface area (Å²) < 4.78 is 54.3. The van der Waals surface area contributed by atoms with Gasteiger partial charge in [-0.15, -0.1) is 0 Å². The smallest absolute Gasteiger partial charge is 0.459 e. The number of imidazole rings is 1. The van der Waals surface area contributed by atoms with Gasteiger partial charge in [0, 0.05) is 5.39 Å². The summed E-state index contributed by atoms with van der Waals surface area (Å²) in [5.74, 6) is -0.358. The Morgan fingerprint density at radius 2 is 1.95 bits per heavy atom. The lowest BCUT2D eigenvalue weighted by Gasteiger charge is -2.26. The van der Waals surface area contributed by atoms with E-state index in [4.69, 9.17) is 24.3 Å². The van der Waals surface area contributed by atoms with Crippen molar-refractivity contribution in [3.63, 3.8) is 0 Å². The van der Waals surface area contributed by atoms with Crippen LogP contribution in [0.3, 0.4) is 0 Å². The predicted octanol–water partition coefficient (Wildman–Crippen LogP) is 4.32. The molecule has 1 aliphatic rings. The van der Waals surface area contributed by atoms with Gasteiger partial charge in [0.05, 0.1) is 19.5 Å². The zero-order valence-corrected chi connectivity index (χ0v) is 25.9. The number of nitrogens with zero attached hydrogens (tertiary/aromatic N) is 4. The Labute approximate surface area is 253 Å². The molecule has 1 aliphatic heterocycles. The number of hydrogen-bond donors (Lipinski definition) is 3. The highest BCUT2D eigenvalue weighted by atomic mass is 31.2. The summed E-state index contributed by atoms with van der Waals surface area (Å²) in [6.07, 6.45) is -2.16. The maximum Gasteiger partial charge on any atom is 0.459 e. The fourth-order valence-electron chi connectivity index (χ4n) is 4.77. The van der Waals surface area contributed by atoms with Crippen molar-refractivity contribution in [3.05, 3.63) is 55.1 Å². The lowest BCUT2D eigenvalue weighted by Crippen LogP contribution is -2.42. The number of aromatic nitrogens is 4. The molecule has 0 aliphatic carbocycles. The molecule has 0 radical (unpaired) electrons. The zero-order valence-electron chi connectivity index (χ0n) is 25.0. The number of fused-ring (bicyclic) bond motifs is 2. The van der Waals surface area contributed by atoms with Gasteiger partial charge in [-0.25, -0.2) is 23.9 Å². The fraction of sp³-hybridized carbons (Fsp3) is 0.448. The fourth-order valence-corrected chi connectivity index (χ4v) is 6.29. The largest absolute Gasteiger partial charge is 0.464 e. The van der Waals surface area contributed by atoms with E-state index in [9.17, 15) is 14.5 Å². The molecule has 2 aromatic heterocycles. The SMILES string of the molecule is CC(NP(=O)(OCC1OC(n2cnc3c(N)ncnc32)C(C)(O)C1F)Oc1cccc2ccccc12)C(=O)OCC(C)(C)C. The van der Waals surface area contributed by atoms with E-state index in [2.05, 4.69) is 20.0 Å². The summed E-state index contributed by atoms with van der Waals surface area (Å²) in [7, 11) is -4.40. The number of halogens is 1. The number of ether oxygens (including phenoxy) is 2. The van der Waals surface area contributed by atoms with Crippen LogP contribution < -0.4 is 15.3 Å². The quantitative estimate of drug-likeness (QED) is 0.168. The summed E-state index contributed by atoms with van der Waals surface area (Å²) >= 11 is 0. The Hall–Kier alpha value is -3.68. The molecule has 6 atom stereocenters. The molecule has 4 aromatic rings. The molecule has 0 saturated carbocycles. The normalized spacial score (nSPS) is 24.3. The first kappa shape index (κ1) is 31.7. The van der Waals surface area contributed by atoms with Crippen molar-refractivity contribution < 1.29 is 37.4 Å². The average molecular weight is 631 g/mol. The van der Waals surface area contributed by atoms with Crippen molar-refractivity contribution in [1.82, 2.24) is 24.6 Å². The van der Waals surface area contributed by atoms with Crippen LogP contribution in [0.1, 0.15) is 40.8 Å². The zero-order chi connectivity index (χ0) is 31.9. The first-order valence-corrected chi connectivity index (χ1v) is 15.5. The number of rotatable bonds is 10. The number of carbonyl (C=O) groups excluding carboxylic acids is 1. The standard InChI is InChI=1S/C29H36FN6O7P/c1-17(26(37)40-14-28(2,3)4)35-44(39,43-20-12-8-10-18-9-6-7-11-19(18)20)41-13-21-23(30)29(5,38)27(42-21)36-16-34-22-24(31)32-15-33-25(22)36/h6-12,15-17,21,23,27,38H,13-14H2,1-5H3,(H,35,39)(H2,31,32,33).